The lowest BCUT2D eigenvalue weighted by Gasteiger charge is -2.12. The lowest BCUT2D eigenvalue weighted by Crippen LogP contribution is -2.46. The van der Waals surface area contributed by atoms with Crippen LogP contribution < -0.4 is 15.6 Å². The number of aryl methyl sites for hydroxylation is 1. The largest absolute Gasteiger partial charge is 0.385 e. The minimum atomic E-state index is -3.62. The standard InChI is InChI=1S/C12H19N3O3S2/c1-10-4-6-11(7-5-10)20(16,17)15-14-12(19)13-8-3-9-18-2/h4-7,15H,3,8-9H2,1-2H3,(H2,13,14,19). The molecule has 0 aliphatic heterocycles. The van der Waals surface area contributed by atoms with Gasteiger partial charge in [-0.2, -0.15) is 0 Å². The zero-order chi connectivity index (χ0) is 15.0. The van der Waals surface area contributed by atoms with Crippen molar-refractivity contribution in [1.82, 2.24) is 15.6 Å². The van der Waals surface area contributed by atoms with Crippen molar-refractivity contribution in [3.63, 3.8) is 0 Å². The molecule has 0 spiro atoms. The van der Waals surface area contributed by atoms with Gasteiger partial charge in [0.2, 0.25) is 0 Å². The van der Waals surface area contributed by atoms with Crippen molar-refractivity contribution in [3.8, 4) is 0 Å². The van der Waals surface area contributed by atoms with Crippen LogP contribution in [-0.4, -0.2) is 33.8 Å². The molecule has 1 aromatic rings. The molecule has 3 N–H and O–H groups in total. The maximum absolute atomic E-state index is 11.9. The van der Waals surface area contributed by atoms with Crippen molar-refractivity contribution in [2.45, 2.75) is 18.2 Å². The van der Waals surface area contributed by atoms with Crippen LogP contribution in [0.3, 0.4) is 0 Å². The summed E-state index contributed by atoms with van der Waals surface area (Å²) in [4.78, 5) is 2.40. The zero-order valence-electron chi connectivity index (χ0n) is 11.5. The molecule has 0 bridgehead atoms. The van der Waals surface area contributed by atoms with Crippen molar-refractivity contribution in [3.05, 3.63) is 29.8 Å². The Labute approximate surface area is 124 Å². The summed E-state index contributed by atoms with van der Waals surface area (Å²) in [5.41, 5.74) is 3.45. The highest BCUT2D eigenvalue weighted by Crippen LogP contribution is 2.08. The second-order valence-electron chi connectivity index (χ2n) is 4.15. The van der Waals surface area contributed by atoms with Gasteiger partial charge in [-0.1, -0.05) is 17.7 Å². The molecule has 0 radical (unpaired) electrons. The van der Waals surface area contributed by atoms with Gasteiger partial charge in [0.1, 0.15) is 0 Å². The molecule has 0 saturated carbocycles. The predicted octanol–water partition coefficient (Wildman–Crippen LogP) is 0.689. The molecule has 1 aromatic carbocycles. The highest BCUT2D eigenvalue weighted by atomic mass is 32.2. The van der Waals surface area contributed by atoms with Crippen molar-refractivity contribution < 1.29 is 13.2 Å². The van der Waals surface area contributed by atoms with Crippen LogP contribution >= 0.6 is 12.2 Å². The molecular formula is C12H19N3O3S2. The number of sulfonamides is 1. The van der Waals surface area contributed by atoms with E-state index in [0.717, 1.165) is 12.0 Å². The van der Waals surface area contributed by atoms with Crippen LogP contribution in [0.25, 0.3) is 0 Å². The first-order valence-corrected chi connectivity index (χ1v) is 7.96. The summed E-state index contributed by atoms with van der Waals surface area (Å²) in [7, 11) is -2.00. The van der Waals surface area contributed by atoms with E-state index in [0.29, 0.717) is 13.2 Å². The highest BCUT2D eigenvalue weighted by Gasteiger charge is 2.13. The molecule has 0 unspecified atom stereocenters. The van der Waals surface area contributed by atoms with Gasteiger partial charge in [-0.05, 0) is 37.7 Å². The molecule has 0 aromatic heterocycles. The first-order valence-electron chi connectivity index (χ1n) is 6.07. The van der Waals surface area contributed by atoms with Gasteiger partial charge in [0, 0.05) is 20.3 Å². The monoisotopic (exact) mass is 317 g/mol. The van der Waals surface area contributed by atoms with E-state index in [9.17, 15) is 8.42 Å². The van der Waals surface area contributed by atoms with Crippen LogP contribution in [0.2, 0.25) is 0 Å². The summed E-state index contributed by atoms with van der Waals surface area (Å²) >= 11 is 4.95. The topological polar surface area (TPSA) is 79.5 Å². The highest BCUT2D eigenvalue weighted by molar-refractivity contribution is 7.89. The van der Waals surface area contributed by atoms with E-state index in [1.165, 1.54) is 12.1 Å². The van der Waals surface area contributed by atoms with Crippen LogP contribution in [0.1, 0.15) is 12.0 Å². The van der Waals surface area contributed by atoms with E-state index in [1.54, 1.807) is 19.2 Å². The number of nitrogens with one attached hydrogen (secondary N) is 3. The van der Waals surface area contributed by atoms with E-state index in [2.05, 4.69) is 15.6 Å². The van der Waals surface area contributed by atoms with Crippen molar-refractivity contribution in [1.29, 1.82) is 0 Å². The predicted molar refractivity (Wildman–Crippen MR) is 81.7 cm³/mol. The molecule has 6 nitrogen and oxygen atoms in total. The third kappa shape index (κ3) is 5.83. The Morgan fingerprint density at radius 3 is 2.55 bits per heavy atom. The Bertz CT molecular complexity index is 529. The molecule has 0 saturated heterocycles. The van der Waals surface area contributed by atoms with Crippen molar-refractivity contribution in [2.75, 3.05) is 20.3 Å². The molecule has 0 aliphatic carbocycles. The van der Waals surface area contributed by atoms with Crippen LogP contribution in [0, 0.1) is 6.92 Å². The number of hydrogen-bond acceptors (Lipinski definition) is 4. The first kappa shape index (κ1) is 16.8. The Hall–Kier alpha value is -1.22. The molecule has 0 fully saturated rings. The van der Waals surface area contributed by atoms with Crippen molar-refractivity contribution in [2.24, 2.45) is 0 Å². The molecule has 112 valence electrons. The lowest BCUT2D eigenvalue weighted by atomic mass is 10.2. The minimum Gasteiger partial charge on any atom is -0.385 e. The van der Waals surface area contributed by atoms with E-state index < -0.39 is 10.0 Å². The van der Waals surface area contributed by atoms with Gasteiger partial charge in [0.05, 0.1) is 4.90 Å². The number of rotatable bonds is 7. The van der Waals surface area contributed by atoms with Crippen LogP contribution in [0.4, 0.5) is 0 Å². The number of thiocarbonyl (C=S) groups is 1. The second-order valence-corrected chi connectivity index (χ2v) is 6.24. The molecule has 1 rings (SSSR count). The SMILES string of the molecule is COCCCNC(=S)NNS(=O)(=O)c1ccc(C)cc1. The molecular weight excluding hydrogens is 298 g/mol. The molecule has 8 heteroatoms. The number of hydrazine groups is 1. The summed E-state index contributed by atoms with van der Waals surface area (Å²) < 4.78 is 28.8. The molecule has 0 aliphatic rings. The van der Waals surface area contributed by atoms with E-state index in [1.807, 2.05) is 6.92 Å². The summed E-state index contributed by atoms with van der Waals surface area (Å²) in [5, 5.41) is 3.08. The lowest BCUT2D eigenvalue weighted by molar-refractivity contribution is 0.195. The maximum Gasteiger partial charge on any atom is 0.257 e. The number of benzene rings is 1. The van der Waals surface area contributed by atoms with Gasteiger partial charge in [-0.25, -0.2) is 8.42 Å². The Morgan fingerprint density at radius 2 is 1.95 bits per heavy atom. The summed E-state index contributed by atoms with van der Waals surface area (Å²) in [6.45, 7) is 3.11. The summed E-state index contributed by atoms with van der Waals surface area (Å²) in [6.07, 6.45) is 0.781. The molecule has 20 heavy (non-hydrogen) atoms. The van der Waals surface area contributed by atoms with Crippen molar-refractivity contribution >= 4 is 27.4 Å². The van der Waals surface area contributed by atoms with Gasteiger partial charge in [-0.3, -0.25) is 5.43 Å². The Morgan fingerprint density at radius 1 is 1.30 bits per heavy atom. The van der Waals surface area contributed by atoms with Gasteiger partial charge in [-0.15, -0.1) is 4.83 Å². The fraction of sp³-hybridized carbons (Fsp3) is 0.417. The number of methoxy groups -OCH3 is 1. The third-order valence-electron chi connectivity index (χ3n) is 2.44. The van der Waals surface area contributed by atoms with Gasteiger partial charge in [0.25, 0.3) is 10.0 Å². The quantitative estimate of drug-likeness (QED) is 0.390. The van der Waals surface area contributed by atoms with Gasteiger partial charge in [0.15, 0.2) is 5.11 Å². The normalized spacial score (nSPS) is 11.1. The van der Waals surface area contributed by atoms with E-state index in [4.69, 9.17) is 17.0 Å². The molecule has 0 heterocycles. The maximum atomic E-state index is 11.9. The van der Waals surface area contributed by atoms with Gasteiger partial charge < -0.3 is 10.1 Å². The number of hydrogen-bond donors (Lipinski definition) is 3. The fourth-order valence-corrected chi connectivity index (χ4v) is 2.42. The summed E-state index contributed by atoms with van der Waals surface area (Å²) in [5.74, 6) is 0. The smallest absolute Gasteiger partial charge is 0.257 e. The minimum absolute atomic E-state index is 0.179. The van der Waals surface area contributed by atoms with E-state index >= 15 is 0 Å². The molecule has 0 atom stereocenters. The zero-order valence-corrected chi connectivity index (χ0v) is 13.1. The Kier molecular flexibility index (Phi) is 6.86. The average molecular weight is 317 g/mol. The third-order valence-corrected chi connectivity index (χ3v) is 3.95. The molecule has 0 amide bonds. The number of ether oxygens (including phenoxy) is 1. The second kappa shape index (κ2) is 8.15. The van der Waals surface area contributed by atoms with Gasteiger partial charge >= 0.3 is 0 Å². The van der Waals surface area contributed by atoms with Crippen LogP contribution in [0.5, 0.6) is 0 Å². The van der Waals surface area contributed by atoms with Crippen LogP contribution in [0.15, 0.2) is 29.2 Å². The Balaban J connectivity index is 2.43. The van der Waals surface area contributed by atoms with Crippen LogP contribution in [-0.2, 0) is 14.8 Å². The first-order chi connectivity index (χ1) is 9.45. The van der Waals surface area contributed by atoms with E-state index in [-0.39, 0.29) is 10.0 Å². The fourth-order valence-electron chi connectivity index (χ4n) is 1.35. The summed E-state index contributed by atoms with van der Waals surface area (Å²) in [6, 6.07) is 6.54. The average Bonchev–Trinajstić information content (AvgIpc) is 2.42.